The summed E-state index contributed by atoms with van der Waals surface area (Å²) in [6.07, 6.45) is 5.63. The van der Waals surface area contributed by atoms with E-state index in [1.54, 1.807) is 0 Å². The van der Waals surface area contributed by atoms with Gasteiger partial charge in [0.05, 0.1) is 23.0 Å². The Morgan fingerprint density at radius 2 is 1.31 bits per heavy atom. The monoisotopic (exact) mass is 467 g/mol. The van der Waals surface area contributed by atoms with Crippen LogP contribution in [-0.2, 0) is 5.41 Å². The van der Waals surface area contributed by atoms with Crippen LogP contribution in [0.2, 0.25) is 0 Å². The summed E-state index contributed by atoms with van der Waals surface area (Å²) in [5.74, 6) is 4.74. The second-order valence-corrected chi connectivity index (χ2v) is 11.4. The molecule has 4 aromatic rings. The van der Waals surface area contributed by atoms with Crippen LogP contribution in [0.25, 0.3) is 33.9 Å². The lowest BCUT2D eigenvalue weighted by Crippen LogP contribution is -2.58. The molecule has 3 fully saturated rings. The SMILES string of the molecule is CC1(c2ccc(-c3cc(-c4ccc(C#N)cc4)nc(-c4ccccc4)n3)cc2)C[C@H]2C[C@H]3C[C@@H](C1)C32. The van der Waals surface area contributed by atoms with Gasteiger partial charge in [0.2, 0.25) is 0 Å². The first kappa shape index (κ1) is 21.5. The van der Waals surface area contributed by atoms with E-state index in [0.29, 0.717) is 16.8 Å². The van der Waals surface area contributed by atoms with Gasteiger partial charge in [-0.1, -0.05) is 73.7 Å². The second kappa shape index (κ2) is 8.14. The standard InChI is InChI=1S/C33H29N3/c1-33(18-26-15-25-16-27(19-33)31(25)26)28-13-11-23(12-14-28)30-17-29(22-9-7-21(20-34)8-10-22)35-32(36-30)24-5-3-2-4-6-24/h2-14,17,25-27,31H,15-16,18-19H2,1H3/t25-,26+,27-,31?,33?. The smallest absolute Gasteiger partial charge is 0.160 e. The van der Waals surface area contributed by atoms with Crippen LogP contribution in [-0.4, -0.2) is 9.97 Å². The summed E-state index contributed by atoms with van der Waals surface area (Å²) in [5.41, 5.74) is 7.29. The van der Waals surface area contributed by atoms with Crippen molar-refractivity contribution < 1.29 is 0 Å². The van der Waals surface area contributed by atoms with Crippen LogP contribution in [0, 0.1) is 35.0 Å². The van der Waals surface area contributed by atoms with Gasteiger partial charge >= 0.3 is 0 Å². The minimum atomic E-state index is 0.296. The molecule has 0 amide bonds. The fourth-order valence-electron chi connectivity index (χ4n) is 7.40. The molecular weight excluding hydrogens is 438 g/mol. The molecule has 3 nitrogen and oxygen atoms in total. The zero-order chi connectivity index (χ0) is 24.3. The number of nitriles is 1. The van der Waals surface area contributed by atoms with E-state index in [2.05, 4.69) is 43.3 Å². The molecule has 3 saturated carbocycles. The van der Waals surface area contributed by atoms with Gasteiger partial charge in [0, 0.05) is 16.7 Å². The molecule has 0 radical (unpaired) electrons. The highest BCUT2D eigenvalue weighted by Gasteiger charge is 2.59. The minimum Gasteiger partial charge on any atom is -0.228 e. The van der Waals surface area contributed by atoms with Crippen LogP contribution < -0.4 is 0 Å². The Bertz CT molecular complexity index is 1450. The zero-order valence-corrected chi connectivity index (χ0v) is 20.6. The Morgan fingerprint density at radius 3 is 1.86 bits per heavy atom. The van der Waals surface area contributed by atoms with Crippen molar-refractivity contribution in [2.45, 2.75) is 38.0 Å². The van der Waals surface area contributed by atoms with Crippen molar-refractivity contribution in [2.75, 3.05) is 0 Å². The molecule has 3 aromatic carbocycles. The molecule has 2 unspecified atom stereocenters. The third-order valence-corrected chi connectivity index (χ3v) is 9.21. The van der Waals surface area contributed by atoms with Gasteiger partial charge < -0.3 is 0 Å². The number of benzene rings is 3. The van der Waals surface area contributed by atoms with E-state index >= 15 is 0 Å². The first-order valence-electron chi connectivity index (χ1n) is 13.2. The van der Waals surface area contributed by atoms with Crippen LogP contribution in [0.4, 0.5) is 0 Å². The molecule has 3 aliphatic carbocycles. The molecule has 0 saturated heterocycles. The Morgan fingerprint density at radius 1 is 0.722 bits per heavy atom. The Balaban J connectivity index is 1.25. The fourth-order valence-corrected chi connectivity index (χ4v) is 7.40. The lowest BCUT2D eigenvalue weighted by Gasteiger charge is -2.65. The Labute approximate surface area is 212 Å². The van der Waals surface area contributed by atoms with Gasteiger partial charge in [-0.25, -0.2) is 9.97 Å². The lowest BCUT2D eigenvalue weighted by molar-refractivity contribution is -0.141. The van der Waals surface area contributed by atoms with Crippen molar-refractivity contribution in [2.24, 2.45) is 23.7 Å². The molecule has 176 valence electrons. The first-order chi connectivity index (χ1) is 17.6. The molecule has 0 N–H and O–H groups in total. The molecule has 0 aliphatic heterocycles. The number of nitrogens with zero attached hydrogens (tertiary/aromatic N) is 3. The van der Waals surface area contributed by atoms with Crippen LogP contribution in [0.3, 0.4) is 0 Å². The highest BCUT2D eigenvalue weighted by molar-refractivity contribution is 5.72. The molecule has 0 bridgehead atoms. The van der Waals surface area contributed by atoms with Crippen molar-refractivity contribution in [3.8, 4) is 40.0 Å². The van der Waals surface area contributed by atoms with Crippen LogP contribution >= 0.6 is 0 Å². The molecule has 3 heteroatoms. The Hall–Kier alpha value is -3.77. The van der Waals surface area contributed by atoms with E-state index in [9.17, 15) is 5.26 Å². The summed E-state index contributed by atoms with van der Waals surface area (Å²) in [4.78, 5) is 9.88. The first-order valence-corrected chi connectivity index (χ1v) is 13.2. The summed E-state index contributed by atoms with van der Waals surface area (Å²) in [7, 11) is 0. The minimum absolute atomic E-state index is 0.296. The zero-order valence-electron chi connectivity index (χ0n) is 20.6. The summed E-state index contributed by atoms with van der Waals surface area (Å²) in [6.45, 7) is 2.49. The quantitative estimate of drug-likeness (QED) is 0.309. The predicted molar refractivity (Wildman–Crippen MR) is 143 cm³/mol. The molecule has 1 heterocycles. The van der Waals surface area contributed by atoms with E-state index in [-0.39, 0.29) is 0 Å². The highest BCUT2D eigenvalue weighted by atomic mass is 14.9. The molecular formula is C33H29N3. The summed E-state index contributed by atoms with van der Waals surface area (Å²) >= 11 is 0. The van der Waals surface area contributed by atoms with Crippen molar-refractivity contribution >= 4 is 0 Å². The lowest BCUT2D eigenvalue weighted by atomic mass is 9.39. The van der Waals surface area contributed by atoms with Gasteiger partial charge in [-0.15, -0.1) is 0 Å². The van der Waals surface area contributed by atoms with Crippen LogP contribution in [0.5, 0.6) is 0 Å². The normalized spacial score (nSPS) is 27.8. The summed E-state index contributed by atoms with van der Waals surface area (Å²) < 4.78 is 0. The van der Waals surface area contributed by atoms with Gasteiger partial charge in [-0.05, 0) is 78.5 Å². The maximum Gasteiger partial charge on any atom is 0.160 e. The number of rotatable bonds is 4. The Kier molecular flexibility index (Phi) is 4.86. The van der Waals surface area contributed by atoms with Gasteiger partial charge in [0.1, 0.15) is 0 Å². The maximum absolute atomic E-state index is 9.19. The molecule has 5 atom stereocenters. The average molecular weight is 468 g/mol. The fraction of sp³-hybridized carbons (Fsp3) is 0.303. The van der Waals surface area contributed by atoms with Crippen molar-refractivity contribution in [1.82, 2.24) is 9.97 Å². The summed E-state index contributed by atoms with van der Waals surface area (Å²) in [5, 5.41) is 9.19. The van der Waals surface area contributed by atoms with Gasteiger partial charge in [-0.2, -0.15) is 5.26 Å². The van der Waals surface area contributed by atoms with Gasteiger partial charge in [-0.3, -0.25) is 0 Å². The van der Waals surface area contributed by atoms with E-state index in [1.165, 1.54) is 31.2 Å². The molecule has 36 heavy (non-hydrogen) atoms. The molecule has 7 rings (SSSR count). The topological polar surface area (TPSA) is 49.6 Å². The van der Waals surface area contributed by atoms with Crippen molar-refractivity contribution in [1.29, 1.82) is 5.26 Å². The molecule has 0 spiro atoms. The van der Waals surface area contributed by atoms with E-state index < -0.39 is 0 Å². The van der Waals surface area contributed by atoms with Gasteiger partial charge in [0.25, 0.3) is 0 Å². The third-order valence-electron chi connectivity index (χ3n) is 9.21. The van der Waals surface area contributed by atoms with Crippen molar-refractivity contribution in [3.05, 3.63) is 96.1 Å². The van der Waals surface area contributed by atoms with E-state index in [0.717, 1.165) is 51.7 Å². The van der Waals surface area contributed by atoms with E-state index in [4.69, 9.17) is 9.97 Å². The number of hydrogen-bond donors (Lipinski definition) is 0. The molecule has 3 aliphatic rings. The van der Waals surface area contributed by atoms with Gasteiger partial charge in [0.15, 0.2) is 5.82 Å². The largest absolute Gasteiger partial charge is 0.228 e. The predicted octanol–water partition coefficient (Wildman–Crippen LogP) is 7.67. The number of aromatic nitrogens is 2. The summed E-state index contributed by atoms with van der Waals surface area (Å²) in [6, 6.07) is 31.2. The van der Waals surface area contributed by atoms with Crippen LogP contribution in [0.15, 0.2) is 84.9 Å². The highest BCUT2D eigenvalue weighted by Crippen LogP contribution is 2.67. The van der Waals surface area contributed by atoms with Crippen LogP contribution in [0.1, 0.15) is 43.7 Å². The average Bonchev–Trinajstić information content (AvgIpc) is 2.91. The molecule has 1 aromatic heterocycles. The number of hydrogen-bond acceptors (Lipinski definition) is 3. The second-order valence-electron chi connectivity index (χ2n) is 11.4. The van der Waals surface area contributed by atoms with E-state index in [1.807, 2.05) is 54.6 Å². The van der Waals surface area contributed by atoms with Crippen molar-refractivity contribution in [3.63, 3.8) is 0 Å². The maximum atomic E-state index is 9.19. The third kappa shape index (κ3) is 3.47.